The highest BCUT2D eigenvalue weighted by Gasteiger charge is 2.42. The molecule has 0 aliphatic carbocycles. The molecular weight excluding hydrogens is 284 g/mol. The Labute approximate surface area is 124 Å². The molecule has 0 amide bonds. The third-order valence-corrected chi connectivity index (χ3v) is 3.80. The van der Waals surface area contributed by atoms with Gasteiger partial charge >= 0.3 is 12.1 Å². The van der Waals surface area contributed by atoms with E-state index in [4.69, 9.17) is 25.8 Å². The quantitative estimate of drug-likeness (QED) is 0.557. The molecule has 1 saturated heterocycles. The van der Waals surface area contributed by atoms with Gasteiger partial charge in [0.1, 0.15) is 18.6 Å². The van der Waals surface area contributed by atoms with Crippen LogP contribution in [0.2, 0.25) is 0 Å². The van der Waals surface area contributed by atoms with Gasteiger partial charge in [-0.05, 0) is 24.7 Å². The van der Waals surface area contributed by atoms with Crippen LogP contribution in [-0.4, -0.2) is 37.8 Å². The van der Waals surface area contributed by atoms with E-state index in [-0.39, 0.29) is 18.6 Å². The molecule has 0 aromatic rings. The maximum atomic E-state index is 12.1. The molecule has 20 heavy (non-hydrogen) atoms. The number of hydrogen-bond donors (Lipinski definition) is 0. The van der Waals surface area contributed by atoms with Crippen molar-refractivity contribution in [2.24, 2.45) is 16.7 Å². The molecule has 0 aromatic heterocycles. The Bertz CT molecular complexity index is 357. The number of esters is 1. The Hall–Kier alpha value is -0.970. The molecule has 0 saturated carbocycles. The van der Waals surface area contributed by atoms with Gasteiger partial charge in [-0.1, -0.05) is 20.8 Å². The zero-order valence-electron chi connectivity index (χ0n) is 12.5. The van der Waals surface area contributed by atoms with Crippen molar-refractivity contribution < 1.29 is 23.8 Å². The van der Waals surface area contributed by atoms with Crippen molar-refractivity contribution in [1.82, 2.24) is 0 Å². The van der Waals surface area contributed by atoms with E-state index in [9.17, 15) is 9.59 Å². The van der Waals surface area contributed by atoms with E-state index in [0.717, 1.165) is 6.42 Å². The van der Waals surface area contributed by atoms with Crippen LogP contribution in [-0.2, 0) is 19.0 Å². The topological polar surface area (TPSA) is 61.8 Å². The first-order chi connectivity index (χ1) is 9.18. The summed E-state index contributed by atoms with van der Waals surface area (Å²) in [4.78, 5) is 22.9. The van der Waals surface area contributed by atoms with Crippen LogP contribution in [0.5, 0.6) is 0 Å². The molecule has 0 N–H and O–H groups in total. The summed E-state index contributed by atoms with van der Waals surface area (Å²) in [6, 6.07) is 0. The predicted octanol–water partition coefficient (Wildman–Crippen LogP) is 2.99. The number of carbonyl (C=O) groups excluding carboxylic acids is 2. The van der Waals surface area contributed by atoms with Gasteiger partial charge < -0.3 is 14.2 Å². The summed E-state index contributed by atoms with van der Waals surface area (Å²) in [6.45, 7) is 8.07. The third kappa shape index (κ3) is 4.85. The average molecular weight is 307 g/mol. The Kier molecular flexibility index (Phi) is 5.68. The first-order valence-electron chi connectivity index (χ1n) is 6.71. The van der Waals surface area contributed by atoms with Gasteiger partial charge in [0.15, 0.2) is 0 Å². The molecule has 1 unspecified atom stereocenters. The lowest BCUT2D eigenvalue weighted by molar-refractivity contribution is -0.169. The summed E-state index contributed by atoms with van der Waals surface area (Å²) < 4.78 is 14.9. The summed E-state index contributed by atoms with van der Waals surface area (Å²) in [6.07, 6.45) is 0.123. The first kappa shape index (κ1) is 17.1. The minimum Gasteiger partial charge on any atom is -0.465 e. The molecule has 1 rings (SSSR count). The Morgan fingerprint density at radius 3 is 2.50 bits per heavy atom. The molecule has 0 radical (unpaired) electrons. The second kappa shape index (κ2) is 6.66. The van der Waals surface area contributed by atoms with Gasteiger partial charge in [-0.25, -0.2) is 4.79 Å². The van der Waals surface area contributed by atoms with Crippen molar-refractivity contribution in [3.05, 3.63) is 0 Å². The molecule has 1 atom stereocenters. The summed E-state index contributed by atoms with van der Waals surface area (Å²) in [7, 11) is 0. The molecule has 1 aliphatic rings. The zero-order valence-corrected chi connectivity index (χ0v) is 13.3. The molecule has 0 spiro atoms. The van der Waals surface area contributed by atoms with Crippen molar-refractivity contribution in [1.29, 1.82) is 0 Å². The smallest absolute Gasteiger partial charge is 0.465 e. The van der Waals surface area contributed by atoms with Crippen LogP contribution in [0.25, 0.3) is 0 Å². The maximum absolute atomic E-state index is 12.1. The van der Waals surface area contributed by atoms with E-state index in [1.807, 2.05) is 13.8 Å². The van der Waals surface area contributed by atoms with Crippen LogP contribution < -0.4 is 0 Å². The van der Waals surface area contributed by atoms with E-state index in [1.54, 1.807) is 6.92 Å². The molecule has 0 aromatic carbocycles. The van der Waals surface area contributed by atoms with Crippen molar-refractivity contribution in [3.8, 4) is 0 Å². The fourth-order valence-corrected chi connectivity index (χ4v) is 2.24. The third-order valence-electron chi connectivity index (χ3n) is 3.27. The Morgan fingerprint density at radius 1 is 1.45 bits per heavy atom. The van der Waals surface area contributed by atoms with Gasteiger partial charge in [0.25, 0.3) is 0 Å². The first-order valence-corrected chi connectivity index (χ1v) is 7.25. The average Bonchev–Trinajstić information content (AvgIpc) is 2.39. The van der Waals surface area contributed by atoms with E-state index in [2.05, 4.69) is 6.92 Å². The van der Waals surface area contributed by atoms with Crippen LogP contribution in [0.4, 0.5) is 4.79 Å². The fourth-order valence-electron chi connectivity index (χ4n) is 2.13. The number of alkyl halides is 1. The van der Waals surface area contributed by atoms with Crippen molar-refractivity contribution in [3.63, 3.8) is 0 Å². The molecule has 1 heterocycles. The van der Waals surface area contributed by atoms with E-state index in [0.29, 0.717) is 18.4 Å². The Balaban J connectivity index is 2.48. The second-order valence-corrected chi connectivity index (χ2v) is 6.90. The van der Waals surface area contributed by atoms with Crippen LogP contribution >= 0.6 is 11.6 Å². The van der Waals surface area contributed by atoms with Gasteiger partial charge in [0, 0.05) is 5.88 Å². The molecule has 5 nitrogen and oxygen atoms in total. The maximum Gasteiger partial charge on any atom is 0.508 e. The number of rotatable bonds is 6. The lowest BCUT2D eigenvalue weighted by atomic mass is 9.84. The van der Waals surface area contributed by atoms with E-state index >= 15 is 0 Å². The highest BCUT2D eigenvalue weighted by Crippen LogP contribution is 2.29. The SMILES string of the molecule is CC(CCl)CC(C)(C)COC(=O)C1(C)COC(=O)OC1. The molecule has 1 aliphatic heterocycles. The molecule has 6 heteroatoms. The summed E-state index contributed by atoms with van der Waals surface area (Å²) in [5.74, 6) is 0.537. The highest BCUT2D eigenvalue weighted by molar-refractivity contribution is 6.18. The van der Waals surface area contributed by atoms with Crippen LogP contribution in [0.15, 0.2) is 0 Å². The van der Waals surface area contributed by atoms with E-state index in [1.165, 1.54) is 0 Å². The normalized spacial score (nSPS) is 19.8. The number of cyclic esters (lactones) is 2. The number of halogens is 1. The highest BCUT2D eigenvalue weighted by atomic mass is 35.5. The largest absolute Gasteiger partial charge is 0.508 e. The van der Waals surface area contributed by atoms with Crippen LogP contribution in [0.3, 0.4) is 0 Å². The van der Waals surface area contributed by atoms with Gasteiger partial charge in [0.05, 0.1) is 6.61 Å². The summed E-state index contributed by atoms with van der Waals surface area (Å²) in [5, 5.41) is 0. The van der Waals surface area contributed by atoms with Gasteiger partial charge in [-0.3, -0.25) is 4.79 Å². The molecule has 116 valence electrons. The summed E-state index contributed by atoms with van der Waals surface area (Å²) in [5.41, 5.74) is -1.07. The minimum absolute atomic E-state index is 0.0107. The lowest BCUT2D eigenvalue weighted by Gasteiger charge is -2.32. The number of ether oxygens (including phenoxy) is 3. The standard InChI is InChI=1S/C14H23ClO5/c1-10(6-15)5-13(2,3)7-18-11(16)14(4)8-19-12(17)20-9-14/h10H,5-9H2,1-4H3. The molecular formula is C14H23ClO5. The predicted molar refractivity (Wildman–Crippen MR) is 74.6 cm³/mol. The van der Waals surface area contributed by atoms with Crippen molar-refractivity contribution >= 4 is 23.7 Å². The fraction of sp³-hybridized carbons (Fsp3) is 0.857. The van der Waals surface area contributed by atoms with Gasteiger partial charge in [-0.2, -0.15) is 0 Å². The number of hydrogen-bond acceptors (Lipinski definition) is 5. The van der Waals surface area contributed by atoms with Crippen LogP contribution in [0.1, 0.15) is 34.1 Å². The number of carbonyl (C=O) groups is 2. The van der Waals surface area contributed by atoms with Crippen molar-refractivity contribution in [2.45, 2.75) is 34.1 Å². The Morgan fingerprint density at radius 2 is 2.00 bits per heavy atom. The molecule has 1 fully saturated rings. The van der Waals surface area contributed by atoms with Gasteiger partial charge in [-0.15, -0.1) is 11.6 Å². The monoisotopic (exact) mass is 306 g/mol. The lowest BCUT2D eigenvalue weighted by Crippen LogP contribution is -2.45. The van der Waals surface area contributed by atoms with Crippen molar-refractivity contribution in [2.75, 3.05) is 25.7 Å². The van der Waals surface area contributed by atoms with Crippen LogP contribution in [0, 0.1) is 16.7 Å². The van der Waals surface area contributed by atoms with Gasteiger partial charge in [0.2, 0.25) is 0 Å². The summed E-state index contributed by atoms with van der Waals surface area (Å²) >= 11 is 5.81. The second-order valence-electron chi connectivity index (χ2n) is 6.59. The molecule has 0 bridgehead atoms. The van der Waals surface area contributed by atoms with E-state index < -0.39 is 17.5 Å². The zero-order chi connectivity index (χ0) is 15.4. The minimum atomic E-state index is -0.928.